The van der Waals surface area contributed by atoms with Crippen molar-refractivity contribution in [3.63, 3.8) is 0 Å². The number of carbonyl (C=O) groups is 1. The lowest BCUT2D eigenvalue weighted by Gasteiger charge is -2.18. The summed E-state index contributed by atoms with van der Waals surface area (Å²) in [5, 5.41) is 11.3. The predicted molar refractivity (Wildman–Crippen MR) is 121 cm³/mol. The number of nitro benzene ring substituents is 1. The van der Waals surface area contributed by atoms with Gasteiger partial charge in [-0.05, 0) is 35.4 Å². The number of carbonyl (C=O) groups excluding carboxylic acids is 1. The van der Waals surface area contributed by atoms with Crippen LogP contribution in [0, 0.1) is 10.1 Å². The second-order valence-electron chi connectivity index (χ2n) is 7.03. The summed E-state index contributed by atoms with van der Waals surface area (Å²) >= 11 is 6.12. The molecule has 3 aromatic carbocycles. The molecule has 0 aliphatic rings. The molecule has 32 heavy (non-hydrogen) atoms. The standard InChI is InChI=1S/C22H20ClN3O5S/c1-25(15-18-12-19(26(28)29)10-11-21(18)23)22(27)17-8-5-9-20(13-17)32(30,31)24-14-16-6-3-2-4-7-16/h2-13,24H,14-15H2,1H3. The first-order chi connectivity index (χ1) is 15.2. The van der Waals surface area contributed by atoms with Gasteiger partial charge in [0.2, 0.25) is 10.0 Å². The van der Waals surface area contributed by atoms with Gasteiger partial charge in [-0.3, -0.25) is 14.9 Å². The maximum atomic E-state index is 12.9. The van der Waals surface area contributed by atoms with E-state index in [1.165, 1.54) is 54.4 Å². The Morgan fingerprint density at radius 1 is 1.06 bits per heavy atom. The smallest absolute Gasteiger partial charge is 0.269 e. The highest BCUT2D eigenvalue weighted by molar-refractivity contribution is 7.89. The van der Waals surface area contributed by atoms with Crippen LogP contribution in [0.1, 0.15) is 21.5 Å². The summed E-state index contributed by atoms with van der Waals surface area (Å²) in [6.07, 6.45) is 0. The molecule has 8 nitrogen and oxygen atoms in total. The molecule has 0 aliphatic carbocycles. The average Bonchev–Trinajstić information content (AvgIpc) is 2.79. The van der Waals surface area contributed by atoms with Crippen LogP contribution in [-0.2, 0) is 23.1 Å². The Bertz CT molecular complexity index is 1250. The molecule has 0 heterocycles. The van der Waals surface area contributed by atoms with Gasteiger partial charge < -0.3 is 4.90 Å². The first kappa shape index (κ1) is 23.4. The molecular weight excluding hydrogens is 454 g/mol. The lowest BCUT2D eigenvalue weighted by Crippen LogP contribution is -2.27. The van der Waals surface area contributed by atoms with E-state index in [0.29, 0.717) is 5.56 Å². The molecule has 0 bridgehead atoms. The minimum absolute atomic E-state index is 0.0164. The molecule has 0 unspecified atom stereocenters. The Morgan fingerprint density at radius 3 is 2.47 bits per heavy atom. The lowest BCUT2D eigenvalue weighted by atomic mass is 10.1. The van der Waals surface area contributed by atoms with Gasteiger partial charge in [-0.25, -0.2) is 13.1 Å². The predicted octanol–water partition coefficient (Wildman–Crippen LogP) is 4.00. The second-order valence-corrected chi connectivity index (χ2v) is 9.21. The van der Waals surface area contributed by atoms with Crippen LogP contribution in [0.2, 0.25) is 5.02 Å². The highest BCUT2D eigenvalue weighted by Crippen LogP contribution is 2.24. The molecule has 3 rings (SSSR count). The van der Waals surface area contributed by atoms with Crippen LogP contribution in [0.4, 0.5) is 5.69 Å². The van der Waals surface area contributed by atoms with Crippen molar-refractivity contribution < 1.29 is 18.1 Å². The van der Waals surface area contributed by atoms with Crippen LogP contribution in [0.15, 0.2) is 77.7 Å². The molecule has 1 N–H and O–H groups in total. The number of amides is 1. The molecule has 0 aromatic heterocycles. The molecule has 0 radical (unpaired) electrons. The number of benzene rings is 3. The summed E-state index contributed by atoms with van der Waals surface area (Å²) < 4.78 is 27.9. The average molecular weight is 474 g/mol. The number of hydrogen-bond acceptors (Lipinski definition) is 5. The zero-order valence-corrected chi connectivity index (χ0v) is 18.6. The van der Waals surface area contributed by atoms with Gasteiger partial charge in [0, 0.05) is 42.9 Å². The van der Waals surface area contributed by atoms with Gasteiger partial charge in [-0.1, -0.05) is 48.0 Å². The Kier molecular flexibility index (Phi) is 7.24. The highest BCUT2D eigenvalue weighted by Gasteiger charge is 2.19. The molecule has 3 aromatic rings. The quantitative estimate of drug-likeness (QED) is 0.393. The summed E-state index contributed by atoms with van der Waals surface area (Å²) in [5.41, 5.74) is 1.24. The topological polar surface area (TPSA) is 110 Å². The van der Waals surface area contributed by atoms with Gasteiger partial charge in [0.05, 0.1) is 9.82 Å². The van der Waals surface area contributed by atoms with Crippen molar-refractivity contribution in [1.29, 1.82) is 0 Å². The summed E-state index contributed by atoms with van der Waals surface area (Å²) in [5.74, 6) is -0.451. The molecule has 10 heteroatoms. The Hall–Kier alpha value is -3.27. The van der Waals surface area contributed by atoms with Crippen molar-refractivity contribution >= 4 is 33.2 Å². The van der Waals surface area contributed by atoms with Gasteiger partial charge in [0.15, 0.2) is 0 Å². The SMILES string of the molecule is CN(Cc1cc([N+](=O)[O-])ccc1Cl)C(=O)c1cccc(S(=O)(=O)NCc2ccccc2)c1. The molecule has 1 amide bonds. The van der Waals surface area contributed by atoms with Crippen LogP contribution >= 0.6 is 11.6 Å². The third kappa shape index (κ3) is 5.70. The van der Waals surface area contributed by atoms with Crippen LogP contribution in [0.3, 0.4) is 0 Å². The molecule has 0 atom stereocenters. The Labute approximate surface area is 190 Å². The molecule has 0 aliphatic heterocycles. The lowest BCUT2D eigenvalue weighted by molar-refractivity contribution is -0.384. The second kappa shape index (κ2) is 9.90. The molecule has 0 spiro atoms. The third-order valence-electron chi connectivity index (χ3n) is 4.69. The van der Waals surface area contributed by atoms with Crippen LogP contribution in [-0.4, -0.2) is 31.2 Å². The molecule has 0 saturated heterocycles. The Balaban J connectivity index is 1.76. The number of hydrogen-bond donors (Lipinski definition) is 1. The van der Waals surface area contributed by atoms with Gasteiger partial charge in [0.1, 0.15) is 0 Å². The number of halogens is 1. The summed E-state index contributed by atoms with van der Waals surface area (Å²) in [6, 6.07) is 18.7. The van der Waals surface area contributed by atoms with Crippen molar-refractivity contribution in [2.24, 2.45) is 0 Å². The monoisotopic (exact) mass is 473 g/mol. The Morgan fingerprint density at radius 2 is 1.78 bits per heavy atom. The fourth-order valence-electron chi connectivity index (χ4n) is 3.00. The number of rotatable bonds is 8. The van der Waals surface area contributed by atoms with Crippen molar-refractivity contribution in [2.75, 3.05) is 7.05 Å². The third-order valence-corrected chi connectivity index (χ3v) is 6.46. The zero-order valence-electron chi connectivity index (χ0n) is 17.1. The van der Waals surface area contributed by atoms with E-state index in [9.17, 15) is 23.3 Å². The van der Waals surface area contributed by atoms with E-state index in [2.05, 4.69) is 4.72 Å². The van der Waals surface area contributed by atoms with Crippen LogP contribution in [0.5, 0.6) is 0 Å². The highest BCUT2D eigenvalue weighted by atomic mass is 35.5. The first-order valence-electron chi connectivity index (χ1n) is 9.49. The maximum Gasteiger partial charge on any atom is 0.269 e. The van der Waals surface area contributed by atoms with E-state index in [1.54, 1.807) is 12.1 Å². The minimum Gasteiger partial charge on any atom is -0.337 e. The van der Waals surface area contributed by atoms with Crippen molar-refractivity contribution in [3.05, 3.63) is 105 Å². The minimum atomic E-state index is -3.84. The van der Waals surface area contributed by atoms with Crippen LogP contribution < -0.4 is 4.72 Å². The van der Waals surface area contributed by atoms with E-state index in [0.717, 1.165) is 5.56 Å². The summed E-state index contributed by atoms with van der Waals surface area (Å²) in [4.78, 5) is 24.6. The van der Waals surface area contributed by atoms with Crippen molar-refractivity contribution in [2.45, 2.75) is 18.0 Å². The van der Waals surface area contributed by atoms with Crippen LogP contribution in [0.25, 0.3) is 0 Å². The van der Waals surface area contributed by atoms with E-state index >= 15 is 0 Å². The van der Waals surface area contributed by atoms with E-state index in [1.807, 2.05) is 18.2 Å². The molecule has 0 fully saturated rings. The van der Waals surface area contributed by atoms with Gasteiger partial charge >= 0.3 is 0 Å². The maximum absolute atomic E-state index is 12.9. The normalized spacial score (nSPS) is 11.2. The van der Waals surface area contributed by atoms with Gasteiger partial charge in [0.25, 0.3) is 11.6 Å². The van der Waals surface area contributed by atoms with E-state index < -0.39 is 20.9 Å². The number of non-ortho nitro benzene ring substituents is 1. The van der Waals surface area contributed by atoms with Crippen molar-refractivity contribution in [1.82, 2.24) is 9.62 Å². The summed E-state index contributed by atoms with van der Waals surface area (Å²) in [7, 11) is -2.33. The molecular formula is C22H20ClN3O5S. The van der Waals surface area contributed by atoms with Crippen molar-refractivity contribution in [3.8, 4) is 0 Å². The zero-order chi connectivity index (χ0) is 23.3. The van der Waals surface area contributed by atoms with E-state index in [-0.39, 0.29) is 34.3 Å². The largest absolute Gasteiger partial charge is 0.337 e. The fourth-order valence-corrected chi connectivity index (χ4v) is 4.24. The fraction of sp³-hybridized carbons (Fsp3) is 0.136. The van der Waals surface area contributed by atoms with Gasteiger partial charge in [-0.15, -0.1) is 0 Å². The number of nitro groups is 1. The molecule has 0 saturated carbocycles. The molecule has 166 valence electrons. The first-order valence-corrected chi connectivity index (χ1v) is 11.4. The number of nitrogens with one attached hydrogen (secondary N) is 1. The van der Waals surface area contributed by atoms with Gasteiger partial charge in [-0.2, -0.15) is 0 Å². The number of sulfonamides is 1. The van der Waals surface area contributed by atoms with E-state index in [4.69, 9.17) is 11.6 Å². The number of nitrogens with zero attached hydrogens (tertiary/aromatic N) is 2. The summed E-state index contributed by atoms with van der Waals surface area (Å²) in [6.45, 7) is 0.134.